The van der Waals surface area contributed by atoms with E-state index in [1.807, 2.05) is 0 Å². The summed E-state index contributed by atoms with van der Waals surface area (Å²) in [5.74, 6) is -0.475. The van der Waals surface area contributed by atoms with Gasteiger partial charge in [0.1, 0.15) is 5.60 Å². The number of H-pyrrole nitrogens is 1. The topological polar surface area (TPSA) is 59.2 Å². The van der Waals surface area contributed by atoms with Gasteiger partial charge in [-0.2, -0.15) is 0 Å². The molecule has 0 spiro atoms. The van der Waals surface area contributed by atoms with Crippen molar-refractivity contribution in [1.29, 1.82) is 0 Å². The fourth-order valence-corrected chi connectivity index (χ4v) is 1.14. The summed E-state index contributed by atoms with van der Waals surface area (Å²) in [7, 11) is 0. The minimum atomic E-state index is -0.548. The van der Waals surface area contributed by atoms with Crippen LogP contribution < -0.4 is 5.56 Å². The summed E-state index contributed by atoms with van der Waals surface area (Å²) in [5.41, 5.74) is 0.0820. The van der Waals surface area contributed by atoms with E-state index >= 15 is 0 Å². The second-order valence-electron chi connectivity index (χ2n) is 4.42. The van der Waals surface area contributed by atoms with Crippen molar-refractivity contribution in [2.45, 2.75) is 33.3 Å². The number of carbonyl (C=O) groups is 1. The van der Waals surface area contributed by atoms with Crippen molar-refractivity contribution in [2.24, 2.45) is 0 Å². The highest BCUT2D eigenvalue weighted by Gasteiger charge is 2.18. The summed E-state index contributed by atoms with van der Waals surface area (Å²) in [5, 5.41) is 0. The third-order valence-corrected chi connectivity index (χ3v) is 1.61. The lowest BCUT2D eigenvalue weighted by molar-refractivity contribution is 0.00691. The predicted molar refractivity (Wildman–Crippen MR) is 57.0 cm³/mol. The van der Waals surface area contributed by atoms with E-state index in [9.17, 15) is 9.59 Å². The van der Waals surface area contributed by atoms with Gasteiger partial charge in [0.15, 0.2) is 0 Å². The minimum Gasteiger partial charge on any atom is -0.456 e. The number of hydrogen-bond donors (Lipinski definition) is 1. The van der Waals surface area contributed by atoms with Gasteiger partial charge in [-0.25, -0.2) is 4.79 Å². The van der Waals surface area contributed by atoms with Crippen LogP contribution in [0.15, 0.2) is 16.9 Å². The van der Waals surface area contributed by atoms with E-state index in [4.69, 9.17) is 4.74 Å². The average molecular weight is 209 g/mol. The van der Waals surface area contributed by atoms with Gasteiger partial charge in [0, 0.05) is 11.8 Å². The first-order valence-electron chi connectivity index (χ1n) is 4.72. The van der Waals surface area contributed by atoms with Crippen LogP contribution in [0.2, 0.25) is 0 Å². The van der Waals surface area contributed by atoms with Gasteiger partial charge in [0.2, 0.25) is 5.56 Å². The molecular weight excluding hydrogens is 194 g/mol. The molecule has 0 fully saturated rings. The van der Waals surface area contributed by atoms with E-state index in [1.54, 1.807) is 33.8 Å². The minimum absolute atomic E-state index is 0.283. The fourth-order valence-electron chi connectivity index (χ4n) is 1.14. The lowest BCUT2D eigenvalue weighted by atomic mass is 10.2. The molecule has 4 nitrogen and oxygen atoms in total. The number of ether oxygens (including phenoxy) is 1. The van der Waals surface area contributed by atoms with Crippen molar-refractivity contribution < 1.29 is 9.53 Å². The van der Waals surface area contributed by atoms with Gasteiger partial charge in [-0.1, -0.05) is 0 Å². The average Bonchev–Trinajstić information content (AvgIpc) is 1.98. The number of nitrogens with one attached hydrogen (secondary N) is 1. The Morgan fingerprint density at radius 1 is 1.33 bits per heavy atom. The summed E-state index contributed by atoms with van der Waals surface area (Å²) >= 11 is 0. The number of pyridine rings is 1. The Bertz CT molecular complexity index is 426. The molecule has 0 aliphatic rings. The molecule has 0 aliphatic heterocycles. The Hall–Kier alpha value is -1.58. The monoisotopic (exact) mass is 209 g/mol. The zero-order chi connectivity index (χ0) is 11.6. The van der Waals surface area contributed by atoms with Gasteiger partial charge >= 0.3 is 5.97 Å². The maximum absolute atomic E-state index is 11.6. The summed E-state index contributed by atoms with van der Waals surface area (Å²) in [6.07, 6.45) is 0. The van der Waals surface area contributed by atoms with Crippen molar-refractivity contribution >= 4 is 5.97 Å². The third kappa shape index (κ3) is 3.58. The Morgan fingerprint density at radius 3 is 2.40 bits per heavy atom. The van der Waals surface area contributed by atoms with Crippen molar-refractivity contribution in [1.82, 2.24) is 4.98 Å². The molecule has 0 saturated carbocycles. The molecule has 1 rings (SSSR count). The molecule has 15 heavy (non-hydrogen) atoms. The molecule has 0 atom stereocenters. The number of carbonyl (C=O) groups excluding carboxylic acids is 1. The van der Waals surface area contributed by atoms with Crippen LogP contribution >= 0.6 is 0 Å². The molecule has 0 bridgehead atoms. The first kappa shape index (κ1) is 11.5. The van der Waals surface area contributed by atoms with Gasteiger partial charge in [0.05, 0.1) is 5.56 Å². The molecular formula is C11H15NO3. The molecule has 0 unspecified atom stereocenters. The third-order valence-electron chi connectivity index (χ3n) is 1.61. The predicted octanol–water partition coefficient (Wildman–Crippen LogP) is 1.64. The molecule has 1 heterocycles. The van der Waals surface area contributed by atoms with Crippen molar-refractivity contribution in [3.8, 4) is 0 Å². The summed E-state index contributed by atoms with van der Waals surface area (Å²) in [4.78, 5) is 25.3. The van der Waals surface area contributed by atoms with Crippen LogP contribution in [0.3, 0.4) is 0 Å². The van der Waals surface area contributed by atoms with E-state index in [2.05, 4.69) is 4.98 Å². The van der Waals surface area contributed by atoms with Crippen LogP contribution in [0.1, 0.15) is 36.8 Å². The van der Waals surface area contributed by atoms with Gasteiger partial charge in [0.25, 0.3) is 0 Å². The molecule has 82 valence electrons. The van der Waals surface area contributed by atoms with Crippen molar-refractivity contribution in [3.63, 3.8) is 0 Å². The van der Waals surface area contributed by atoms with E-state index in [0.717, 1.165) is 0 Å². The van der Waals surface area contributed by atoms with Crippen LogP contribution in [0.4, 0.5) is 0 Å². The normalized spacial score (nSPS) is 11.2. The SMILES string of the molecule is Cc1cc(C(=O)OC(C)(C)C)cc(=O)[nH]1. The summed E-state index contributed by atoms with van der Waals surface area (Å²) < 4.78 is 5.14. The van der Waals surface area contributed by atoms with E-state index in [0.29, 0.717) is 5.69 Å². The molecule has 0 saturated heterocycles. The van der Waals surface area contributed by atoms with E-state index < -0.39 is 11.6 Å². The smallest absolute Gasteiger partial charge is 0.338 e. The maximum atomic E-state index is 11.6. The van der Waals surface area contributed by atoms with Gasteiger partial charge in [-0.3, -0.25) is 4.79 Å². The van der Waals surface area contributed by atoms with Crippen molar-refractivity contribution in [3.05, 3.63) is 33.7 Å². The number of hydrogen-bond acceptors (Lipinski definition) is 3. The Labute approximate surface area is 88.3 Å². The molecule has 0 radical (unpaired) electrons. The van der Waals surface area contributed by atoms with Crippen LogP contribution in [0.25, 0.3) is 0 Å². The molecule has 1 aromatic rings. The number of aromatic nitrogens is 1. The van der Waals surface area contributed by atoms with Crippen LogP contribution in [0, 0.1) is 6.92 Å². The first-order chi connectivity index (χ1) is 6.78. The van der Waals surface area contributed by atoms with Crippen LogP contribution in [-0.4, -0.2) is 16.6 Å². The standard InChI is InChI=1S/C11H15NO3/c1-7-5-8(6-9(13)12-7)10(14)15-11(2,3)4/h5-6H,1-4H3,(H,12,13). The quantitative estimate of drug-likeness (QED) is 0.715. The largest absolute Gasteiger partial charge is 0.456 e. The Balaban J connectivity index is 2.97. The number of esters is 1. The molecule has 4 heteroatoms. The Kier molecular flexibility index (Phi) is 2.98. The summed E-state index contributed by atoms with van der Waals surface area (Å²) in [6, 6.07) is 2.83. The maximum Gasteiger partial charge on any atom is 0.338 e. The highest BCUT2D eigenvalue weighted by atomic mass is 16.6. The lowest BCUT2D eigenvalue weighted by Crippen LogP contribution is -2.25. The zero-order valence-corrected chi connectivity index (χ0v) is 9.38. The fraction of sp³-hybridized carbons (Fsp3) is 0.455. The molecule has 0 aromatic carbocycles. The second-order valence-corrected chi connectivity index (χ2v) is 4.42. The van der Waals surface area contributed by atoms with E-state index in [1.165, 1.54) is 6.07 Å². The second kappa shape index (κ2) is 3.88. The summed E-state index contributed by atoms with van der Waals surface area (Å²) in [6.45, 7) is 7.07. The molecule has 1 aromatic heterocycles. The molecule has 1 N–H and O–H groups in total. The molecule has 0 aliphatic carbocycles. The lowest BCUT2D eigenvalue weighted by Gasteiger charge is -2.19. The highest BCUT2D eigenvalue weighted by Crippen LogP contribution is 2.11. The van der Waals surface area contributed by atoms with Crippen LogP contribution in [0.5, 0.6) is 0 Å². The van der Waals surface area contributed by atoms with E-state index in [-0.39, 0.29) is 11.1 Å². The van der Waals surface area contributed by atoms with Gasteiger partial charge < -0.3 is 9.72 Å². The van der Waals surface area contributed by atoms with Crippen molar-refractivity contribution in [2.75, 3.05) is 0 Å². The number of aryl methyl sites for hydroxylation is 1. The van der Waals surface area contributed by atoms with Gasteiger partial charge in [-0.15, -0.1) is 0 Å². The first-order valence-corrected chi connectivity index (χ1v) is 4.72. The highest BCUT2D eigenvalue weighted by molar-refractivity contribution is 5.89. The zero-order valence-electron chi connectivity index (χ0n) is 9.38. The van der Waals surface area contributed by atoms with Crippen LogP contribution in [-0.2, 0) is 4.74 Å². The Morgan fingerprint density at radius 2 is 1.93 bits per heavy atom. The molecule has 0 amide bonds. The van der Waals surface area contributed by atoms with Gasteiger partial charge in [-0.05, 0) is 33.8 Å². The number of rotatable bonds is 1. The number of aromatic amines is 1.